The van der Waals surface area contributed by atoms with E-state index in [0.29, 0.717) is 4.67 Å². The van der Waals surface area contributed by atoms with Crippen molar-refractivity contribution in [2.24, 2.45) is 18.1 Å². The fourth-order valence-corrected chi connectivity index (χ4v) is 8.93. The first-order valence-electron chi connectivity index (χ1n) is 4.20. The number of hydrogen-bond acceptors (Lipinski definition) is 6. The van der Waals surface area contributed by atoms with Gasteiger partial charge in [0.1, 0.15) is 0 Å². The Morgan fingerprint density at radius 3 is 1.74 bits per heavy atom. The normalized spacial score (nSPS) is 36.9. The third kappa shape index (κ3) is 4.30. The van der Waals surface area contributed by atoms with Crippen LogP contribution in [0.25, 0.3) is 0 Å². The number of carbonyl (C=O) groups excluding carboxylic acids is 1. The molecule has 0 saturated carbocycles. The van der Waals surface area contributed by atoms with Crippen LogP contribution in [0.3, 0.4) is 0 Å². The van der Waals surface area contributed by atoms with E-state index in [1.165, 1.54) is 0 Å². The molecule has 0 aromatic heterocycles. The van der Waals surface area contributed by atoms with Gasteiger partial charge in [0.05, 0.1) is 0 Å². The van der Waals surface area contributed by atoms with E-state index in [2.05, 4.69) is 18.1 Å². The summed E-state index contributed by atoms with van der Waals surface area (Å²) in [6, 6.07) is -0.820. The lowest BCUT2D eigenvalue weighted by Crippen LogP contribution is -2.03. The highest BCUT2D eigenvalue weighted by molar-refractivity contribution is 7.85. The summed E-state index contributed by atoms with van der Waals surface area (Å²) in [7, 11) is -20.7. The Hall–Kier alpha value is 0.130. The maximum Gasteiger partial charge on any atom is 0.422 e. The summed E-state index contributed by atoms with van der Waals surface area (Å²) in [4.78, 5) is 10.3. The fraction of sp³-hybridized carbons (Fsp3) is 0.667. The van der Waals surface area contributed by atoms with Crippen molar-refractivity contribution in [3.8, 4) is 0 Å². The first-order valence-corrected chi connectivity index (χ1v) is 10.3. The van der Waals surface area contributed by atoms with E-state index in [4.69, 9.17) is 0 Å². The molecule has 0 aromatic carbocycles. The molecular formula is C3H7F6N5OP4. The zero-order valence-electron chi connectivity index (χ0n) is 9.28. The van der Waals surface area contributed by atoms with Crippen molar-refractivity contribution >= 4 is 36.9 Å². The molecule has 1 aliphatic rings. The van der Waals surface area contributed by atoms with Gasteiger partial charge in [0, 0.05) is 0 Å². The quantitative estimate of drug-likeness (QED) is 0.320. The van der Waals surface area contributed by atoms with Crippen LogP contribution in [-0.2, 0) is 4.79 Å². The molecule has 1 aliphatic heterocycles. The molecule has 0 aromatic rings. The third-order valence-electron chi connectivity index (χ3n) is 1.55. The molecule has 2 atom stereocenters. The molecule has 112 valence electrons. The van der Waals surface area contributed by atoms with Gasteiger partial charge in [0.2, 0.25) is 6.03 Å². The average molecular weight is 367 g/mol. The molecule has 0 saturated heterocycles. The van der Waals surface area contributed by atoms with Gasteiger partial charge in [-0.05, 0) is 14.1 Å². The first kappa shape index (κ1) is 17.2. The Morgan fingerprint density at radius 1 is 0.842 bits per heavy atom. The van der Waals surface area contributed by atoms with Gasteiger partial charge < -0.3 is 0 Å². The van der Waals surface area contributed by atoms with Crippen molar-refractivity contribution in [3.63, 3.8) is 0 Å². The van der Waals surface area contributed by atoms with Crippen LogP contribution in [0, 0.1) is 0 Å². The van der Waals surface area contributed by atoms with E-state index in [0.717, 1.165) is 14.1 Å². The summed E-state index contributed by atoms with van der Waals surface area (Å²) < 4.78 is 89.4. The Kier molecular flexibility index (Phi) is 4.66. The maximum atomic E-state index is 14.0. The van der Waals surface area contributed by atoms with Gasteiger partial charge in [-0.2, -0.15) is 8.39 Å². The molecule has 0 N–H and O–H groups in total. The number of rotatable bonds is 2. The van der Waals surface area contributed by atoms with Gasteiger partial charge in [-0.15, -0.1) is 34.8 Å². The zero-order chi connectivity index (χ0) is 15.1. The van der Waals surface area contributed by atoms with E-state index in [-0.39, 0.29) is 0 Å². The van der Waals surface area contributed by atoms with Crippen molar-refractivity contribution < 1.29 is 30.0 Å². The monoisotopic (exact) mass is 367 g/mol. The number of carbonyl (C=O) groups is 1. The highest BCUT2D eigenvalue weighted by Crippen LogP contribution is 2.81. The van der Waals surface area contributed by atoms with Gasteiger partial charge in [-0.1, -0.05) is 0 Å². The van der Waals surface area contributed by atoms with Crippen LogP contribution >= 0.6 is 30.8 Å². The van der Waals surface area contributed by atoms with Gasteiger partial charge >= 0.3 is 30.8 Å². The summed E-state index contributed by atoms with van der Waals surface area (Å²) in [6.07, 6.45) is 0. The molecule has 0 radical (unpaired) electrons. The standard InChI is InChI=1S/C3H7F6N5OP4/c1-14(2)19(9)12-17(5,6)10-16(4,3-15)11-18(7,8)13-19/h3H,1-2H3. The second kappa shape index (κ2) is 5.15. The van der Waals surface area contributed by atoms with E-state index in [9.17, 15) is 30.0 Å². The van der Waals surface area contributed by atoms with Crippen LogP contribution in [0.5, 0.6) is 0 Å². The van der Waals surface area contributed by atoms with Crippen molar-refractivity contribution in [2.75, 3.05) is 14.1 Å². The first-order chi connectivity index (χ1) is 8.33. The molecule has 2 unspecified atom stereocenters. The van der Waals surface area contributed by atoms with E-state index >= 15 is 0 Å². The number of hydrogen-bond donors (Lipinski definition) is 0. The van der Waals surface area contributed by atoms with Crippen LogP contribution < -0.4 is 0 Å². The molecule has 0 aliphatic carbocycles. The third-order valence-corrected chi connectivity index (χ3v) is 10.1. The predicted octanol–water partition coefficient (Wildman–Crippen LogP) is 6.44. The largest absolute Gasteiger partial charge is 0.422 e. The molecule has 19 heavy (non-hydrogen) atoms. The Balaban J connectivity index is 3.81. The Bertz CT molecular complexity index is 612. The van der Waals surface area contributed by atoms with Gasteiger partial charge in [0.25, 0.3) is 0 Å². The van der Waals surface area contributed by atoms with Crippen molar-refractivity contribution in [1.82, 2.24) is 4.67 Å². The summed E-state index contributed by atoms with van der Waals surface area (Å²) in [5, 5.41) is 0. The lowest BCUT2D eigenvalue weighted by Gasteiger charge is -2.20. The highest BCUT2D eigenvalue weighted by Gasteiger charge is 2.39. The minimum absolute atomic E-state index is 0.352. The number of halogens is 6. The fourth-order valence-electron chi connectivity index (χ4n) is 0.849. The Morgan fingerprint density at radius 2 is 1.32 bits per heavy atom. The van der Waals surface area contributed by atoms with Gasteiger partial charge in [-0.3, -0.25) is 4.79 Å². The smallest absolute Gasteiger partial charge is 0.292 e. The van der Waals surface area contributed by atoms with Crippen molar-refractivity contribution in [3.05, 3.63) is 0 Å². The summed E-state index contributed by atoms with van der Waals surface area (Å²) in [5.74, 6) is 0. The predicted molar refractivity (Wildman–Crippen MR) is 64.5 cm³/mol. The molecule has 0 bridgehead atoms. The second-order valence-electron chi connectivity index (χ2n) is 3.29. The minimum atomic E-state index is -5.95. The van der Waals surface area contributed by atoms with E-state index in [1.54, 1.807) is 0 Å². The molecule has 0 fully saturated rings. The summed E-state index contributed by atoms with van der Waals surface area (Å²) >= 11 is 0. The van der Waals surface area contributed by atoms with E-state index < -0.39 is 36.9 Å². The molecule has 0 amide bonds. The zero-order valence-corrected chi connectivity index (χ0v) is 12.9. The minimum Gasteiger partial charge on any atom is -0.292 e. The Labute approximate surface area is 104 Å². The van der Waals surface area contributed by atoms with Gasteiger partial charge in [0.15, 0.2) is 0 Å². The molecule has 1 rings (SSSR count). The van der Waals surface area contributed by atoms with E-state index in [1.807, 2.05) is 0 Å². The summed E-state index contributed by atoms with van der Waals surface area (Å²) in [5.41, 5.74) is 0. The highest BCUT2D eigenvalue weighted by atomic mass is 31.3. The lowest BCUT2D eigenvalue weighted by molar-refractivity contribution is 0.566. The van der Waals surface area contributed by atoms with Crippen molar-refractivity contribution in [2.45, 2.75) is 0 Å². The molecule has 1 heterocycles. The number of nitrogens with zero attached hydrogens (tertiary/aromatic N) is 5. The molecule has 0 spiro atoms. The van der Waals surface area contributed by atoms with Crippen LogP contribution in [0.4, 0.5) is 25.2 Å². The molecular weight excluding hydrogens is 360 g/mol. The topological polar surface area (TPSA) is 69.8 Å². The SMILES string of the molecule is CN(C)P1(F)=NP(F)(F)=NP(F)(C=O)=NP(F)(F)=N1. The average Bonchev–Trinajstić information content (AvgIpc) is 2.11. The van der Waals surface area contributed by atoms with Gasteiger partial charge in [-0.25, -0.2) is 4.67 Å². The van der Waals surface area contributed by atoms with Crippen LogP contribution in [-0.4, -0.2) is 24.8 Å². The summed E-state index contributed by atoms with van der Waals surface area (Å²) in [6.45, 7) is 0. The van der Waals surface area contributed by atoms with Crippen LogP contribution in [0.1, 0.15) is 0 Å². The maximum absolute atomic E-state index is 14.0. The molecule has 16 heteroatoms. The molecule has 6 nitrogen and oxygen atoms in total. The van der Waals surface area contributed by atoms with Crippen LogP contribution in [0.2, 0.25) is 0 Å². The second-order valence-corrected chi connectivity index (χ2v) is 11.1. The lowest BCUT2D eigenvalue weighted by atomic mass is 11.3. The van der Waals surface area contributed by atoms with Crippen molar-refractivity contribution in [1.29, 1.82) is 0 Å². The van der Waals surface area contributed by atoms with Crippen LogP contribution in [0.15, 0.2) is 18.1 Å².